The van der Waals surface area contributed by atoms with Gasteiger partial charge in [-0.3, -0.25) is 0 Å². The van der Waals surface area contributed by atoms with E-state index in [2.05, 4.69) is 0 Å². The Labute approximate surface area is 91.0 Å². The summed E-state index contributed by atoms with van der Waals surface area (Å²) in [7, 11) is -3.56. The smallest absolute Gasteiger partial charge is 0.326 e. The largest absolute Gasteiger partial charge is 0.416 e. The first kappa shape index (κ1) is 13.0. The van der Waals surface area contributed by atoms with Gasteiger partial charge in [0, 0.05) is 12.8 Å². The summed E-state index contributed by atoms with van der Waals surface area (Å²) in [6, 6.07) is 2.42. The number of nitrogens with two attached hydrogens (primary N) is 1. The van der Waals surface area contributed by atoms with E-state index in [1.54, 1.807) is 0 Å². The highest BCUT2D eigenvalue weighted by molar-refractivity contribution is 7.90. The van der Waals surface area contributed by atoms with Gasteiger partial charge >= 0.3 is 6.18 Å². The van der Waals surface area contributed by atoms with E-state index in [0.717, 1.165) is 24.5 Å². The van der Waals surface area contributed by atoms with Gasteiger partial charge in [-0.1, -0.05) is 0 Å². The lowest BCUT2D eigenvalue weighted by molar-refractivity contribution is -0.137. The van der Waals surface area contributed by atoms with Crippen LogP contribution in [0.1, 0.15) is 11.1 Å². The molecular formula is C9H10F3NO2S. The van der Waals surface area contributed by atoms with E-state index >= 15 is 0 Å². The average molecular weight is 253 g/mol. The van der Waals surface area contributed by atoms with E-state index in [-0.39, 0.29) is 17.0 Å². The lowest BCUT2D eigenvalue weighted by atomic mass is 10.1. The number of alkyl halides is 3. The van der Waals surface area contributed by atoms with Crippen LogP contribution in [0.2, 0.25) is 0 Å². The van der Waals surface area contributed by atoms with Crippen LogP contribution in [0.3, 0.4) is 0 Å². The van der Waals surface area contributed by atoms with Crippen molar-refractivity contribution in [3.63, 3.8) is 0 Å². The maximum atomic E-state index is 12.3. The SMILES string of the molecule is CS(=O)(=O)c1ccc(C(F)(F)F)cc1CN. The lowest BCUT2D eigenvalue weighted by Crippen LogP contribution is -2.11. The molecule has 1 aromatic carbocycles. The van der Waals surface area contributed by atoms with Crippen molar-refractivity contribution < 1.29 is 21.6 Å². The first-order valence-electron chi connectivity index (χ1n) is 4.26. The van der Waals surface area contributed by atoms with Gasteiger partial charge in [-0.25, -0.2) is 8.42 Å². The highest BCUT2D eigenvalue weighted by Gasteiger charge is 2.31. The van der Waals surface area contributed by atoms with Crippen LogP contribution < -0.4 is 5.73 Å². The van der Waals surface area contributed by atoms with Crippen molar-refractivity contribution in [2.45, 2.75) is 17.6 Å². The number of benzene rings is 1. The molecule has 16 heavy (non-hydrogen) atoms. The Morgan fingerprint density at radius 3 is 2.25 bits per heavy atom. The van der Waals surface area contributed by atoms with Crippen molar-refractivity contribution in [3.8, 4) is 0 Å². The normalized spacial score (nSPS) is 12.8. The van der Waals surface area contributed by atoms with Crippen molar-refractivity contribution >= 4 is 9.84 Å². The summed E-state index contributed by atoms with van der Waals surface area (Å²) in [6.07, 6.45) is -3.57. The minimum Gasteiger partial charge on any atom is -0.326 e. The number of sulfone groups is 1. The average Bonchev–Trinajstić information content (AvgIpc) is 2.14. The zero-order valence-electron chi connectivity index (χ0n) is 8.38. The first-order valence-corrected chi connectivity index (χ1v) is 6.15. The molecule has 0 radical (unpaired) electrons. The highest BCUT2D eigenvalue weighted by Crippen LogP contribution is 2.31. The fourth-order valence-electron chi connectivity index (χ4n) is 1.28. The van der Waals surface area contributed by atoms with Crippen LogP contribution in [0.25, 0.3) is 0 Å². The third kappa shape index (κ3) is 2.73. The van der Waals surface area contributed by atoms with E-state index in [4.69, 9.17) is 5.73 Å². The molecule has 1 aromatic rings. The van der Waals surface area contributed by atoms with Crippen molar-refractivity contribution in [2.24, 2.45) is 5.73 Å². The summed E-state index contributed by atoms with van der Waals surface area (Å²) in [4.78, 5) is -0.164. The molecule has 0 amide bonds. The van der Waals surface area contributed by atoms with Crippen LogP contribution in [0.4, 0.5) is 13.2 Å². The van der Waals surface area contributed by atoms with E-state index in [1.165, 1.54) is 0 Å². The molecule has 0 aliphatic heterocycles. The Morgan fingerprint density at radius 1 is 1.31 bits per heavy atom. The second-order valence-corrected chi connectivity index (χ2v) is 5.28. The minimum absolute atomic E-state index is 0.0303. The van der Waals surface area contributed by atoms with E-state index in [1.807, 2.05) is 0 Å². The van der Waals surface area contributed by atoms with Crippen LogP contribution in [-0.2, 0) is 22.6 Å². The Bertz CT molecular complexity index is 494. The molecule has 0 heterocycles. The van der Waals surface area contributed by atoms with E-state index in [0.29, 0.717) is 0 Å². The first-order chi connectivity index (χ1) is 7.16. The number of hydrogen-bond donors (Lipinski definition) is 1. The standard InChI is InChI=1S/C9H10F3NO2S/c1-16(14,15)8-3-2-7(9(10,11)12)4-6(8)5-13/h2-4H,5,13H2,1H3. The van der Waals surface area contributed by atoms with Gasteiger partial charge in [0.05, 0.1) is 10.5 Å². The molecule has 0 fully saturated rings. The molecule has 0 unspecified atom stereocenters. The molecule has 7 heteroatoms. The zero-order valence-corrected chi connectivity index (χ0v) is 9.19. The predicted octanol–water partition coefficient (Wildman–Crippen LogP) is 1.57. The second kappa shape index (κ2) is 4.06. The third-order valence-corrected chi connectivity index (χ3v) is 3.20. The molecule has 0 aliphatic carbocycles. The van der Waals surface area contributed by atoms with Gasteiger partial charge in [0.15, 0.2) is 9.84 Å². The number of rotatable bonds is 2. The molecule has 2 N–H and O–H groups in total. The fraction of sp³-hybridized carbons (Fsp3) is 0.333. The number of hydrogen-bond acceptors (Lipinski definition) is 3. The number of halogens is 3. The fourth-order valence-corrected chi connectivity index (χ4v) is 2.21. The van der Waals surface area contributed by atoms with Gasteiger partial charge in [-0.05, 0) is 23.8 Å². The van der Waals surface area contributed by atoms with E-state index < -0.39 is 21.6 Å². The molecule has 0 spiro atoms. The van der Waals surface area contributed by atoms with Crippen LogP contribution in [0.15, 0.2) is 23.1 Å². The summed E-state index contributed by atoms with van der Waals surface area (Å²) in [5, 5.41) is 0. The Morgan fingerprint density at radius 2 is 1.88 bits per heavy atom. The molecule has 0 bridgehead atoms. The van der Waals surface area contributed by atoms with Gasteiger partial charge in [0.1, 0.15) is 0 Å². The molecule has 1 rings (SSSR count). The molecule has 90 valence electrons. The van der Waals surface area contributed by atoms with Gasteiger partial charge in [0.2, 0.25) is 0 Å². The van der Waals surface area contributed by atoms with Gasteiger partial charge in [-0.2, -0.15) is 13.2 Å². The van der Waals surface area contributed by atoms with Crippen LogP contribution >= 0.6 is 0 Å². The second-order valence-electron chi connectivity index (χ2n) is 3.30. The summed E-state index contributed by atoms with van der Waals surface area (Å²) in [5.41, 5.74) is 4.29. The summed E-state index contributed by atoms with van der Waals surface area (Å²) in [5.74, 6) is 0. The monoisotopic (exact) mass is 253 g/mol. The lowest BCUT2D eigenvalue weighted by Gasteiger charge is -2.11. The Kier molecular flexibility index (Phi) is 3.30. The molecule has 0 aliphatic rings. The van der Waals surface area contributed by atoms with Gasteiger partial charge in [-0.15, -0.1) is 0 Å². The Hall–Kier alpha value is -1.08. The van der Waals surface area contributed by atoms with Gasteiger partial charge < -0.3 is 5.73 Å². The van der Waals surface area contributed by atoms with Crippen LogP contribution in [0.5, 0.6) is 0 Å². The molecular weight excluding hydrogens is 243 g/mol. The minimum atomic E-state index is -4.50. The van der Waals surface area contributed by atoms with Crippen LogP contribution in [0, 0.1) is 0 Å². The maximum absolute atomic E-state index is 12.3. The van der Waals surface area contributed by atoms with Crippen molar-refractivity contribution in [1.29, 1.82) is 0 Å². The highest BCUT2D eigenvalue weighted by atomic mass is 32.2. The van der Waals surface area contributed by atoms with E-state index in [9.17, 15) is 21.6 Å². The quantitative estimate of drug-likeness (QED) is 0.870. The van der Waals surface area contributed by atoms with Crippen molar-refractivity contribution in [3.05, 3.63) is 29.3 Å². The summed E-state index contributed by atoms with van der Waals surface area (Å²) in [6.45, 7) is -0.258. The molecule has 0 saturated heterocycles. The maximum Gasteiger partial charge on any atom is 0.416 e. The molecule has 0 aromatic heterocycles. The van der Waals surface area contributed by atoms with Crippen molar-refractivity contribution in [1.82, 2.24) is 0 Å². The predicted molar refractivity (Wildman–Crippen MR) is 52.4 cm³/mol. The molecule has 0 saturated carbocycles. The topological polar surface area (TPSA) is 60.2 Å². The third-order valence-electron chi connectivity index (χ3n) is 2.01. The summed E-state index contributed by atoms with van der Waals surface area (Å²) >= 11 is 0. The van der Waals surface area contributed by atoms with Crippen LogP contribution in [-0.4, -0.2) is 14.7 Å². The van der Waals surface area contributed by atoms with Gasteiger partial charge in [0.25, 0.3) is 0 Å². The molecule has 3 nitrogen and oxygen atoms in total. The molecule has 0 atom stereocenters. The Balaban J connectivity index is 3.40. The summed E-state index contributed by atoms with van der Waals surface area (Å²) < 4.78 is 59.5. The zero-order chi connectivity index (χ0) is 12.6. The van der Waals surface area contributed by atoms with Crippen molar-refractivity contribution in [2.75, 3.05) is 6.26 Å².